The van der Waals surface area contributed by atoms with Crippen LogP contribution < -0.4 is 10.1 Å². The number of carbonyl (C=O) groups is 1. The van der Waals surface area contributed by atoms with E-state index in [2.05, 4.69) is 11.9 Å². The summed E-state index contributed by atoms with van der Waals surface area (Å²) in [5.74, 6) is 1.41. The number of rotatable bonds is 8. The van der Waals surface area contributed by atoms with Crippen molar-refractivity contribution in [2.45, 2.75) is 5.75 Å². The molecule has 0 saturated heterocycles. The van der Waals surface area contributed by atoms with Crippen LogP contribution >= 0.6 is 11.8 Å². The van der Waals surface area contributed by atoms with Crippen molar-refractivity contribution in [1.82, 2.24) is 0 Å². The average molecular weight is 331 g/mol. The van der Waals surface area contributed by atoms with Crippen molar-refractivity contribution in [3.05, 3.63) is 72.6 Å². The predicted molar refractivity (Wildman–Crippen MR) is 93.3 cm³/mol. The number of amides is 1. The number of thioether (sulfide) groups is 1. The Morgan fingerprint density at radius 2 is 1.87 bits per heavy atom. The fraction of sp³-hybridized carbons (Fsp3) is 0.167. The van der Waals surface area contributed by atoms with Gasteiger partial charge in [-0.25, -0.2) is 4.39 Å². The zero-order chi connectivity index (χ0) is 16.5. The number of hydrogen-bond donors (Lipinski definition) is 1. The molecule has 0 aliphatic rings. The molecule has 5 heteroatoms. The first-order valence-corrected chi connectivity index (χ1v) is 8.28. The summed E-state index contributed by atoms with van der Waals surface area (Å²) >= 11 is 1.48. The van der Waals surface area contributed by atoms with Gasteiger partial charge in [0.2, 0.25) is 5.91 Å². The van der Waals surface area contributed by atoms with Crippen LogP contribution in [-0.2, 0) is 10.5 Å². The van der Waals surface area contributed by atoms with E-state index >= 15 is 0 Å². The van der Waals surface area contributed by atoms with Gasteiger partial charge in [-0.2, -0.15) is 0 Å². The molecule has 120 valence electrons. The van der Waals surface area contributed by atoms with Crippen molar-refractivity contribution in [2.75, 3.05) is 17.7 Å². The molecule has 2 rings (SSSR count). The summed E-state index contributed by atoms with van der Waals surface area (Å²) in [6.45, 7) is 4.03. The summed E-state index contributed by atoms with van der Waals surface area (Å²) in [6.07, 6.45) is 1.67. The molecule has 0 aliphatic heterocycles. The molecular formula is C18H18FNO2S. The molecule has 0 heterocycles. The van der Waals surface area contributed by atoms with E-state index in [1.807, 2.05) is 0 Å². The van der Waals surface area contributed by atoms with Gasteiger partial charge in [0.05, 0.1) is 5.75 Å². The van der Waals surface area contributed by atoms with E-state index in [-0.39, 0.29) is 11.7 Å². The Balaban J connectivity index is 1.73. The van der Waals surface area contributed by atoms with E-state index in [4.69, 9.17) is 4.74 Å². The van der Waals surface area contributed by atoms with Gasteiger partial charge in [0.1, 0.15) is 18.2 Å². The minimum Gasteiger partial charge on any atom is -0.490 e. The summed E-state index contributed by atoms with van der Waals surface area (Å²) in [7, 11) is 0. The quantitative estimate of drug-likeness (QED) is 0.735. The Morgan fingerprint density at radius 3 is 2.52 bits per heavy atom. The summed E-state index contributed by atoms with van der Waals surface area (Å²) in [4.78, 5) is 11.9. The number of nitrogens with one attached hydrogen (secondary N) is 1. The van der Waals surface area contributed by atoms with E-state index in [0.717, 1.165) is 17.0 Å². The minimum atomic E-state index is -0.253. The van der Waals surface area contributed by atoms with Gasteiger partial charge < -0.3 is 10.1 Å². The topological polar surface area (TPSA) is 38.3 Å². The monoisotopic (exact) mass is 331 g/mol. The number of benzene rings is 2. The van der Waals surface area contributed by atoms with Gasteiger partial charge in [-0.15, -0.1) is 11.8 Å². The van der Waals surface area contributed by atoms with Gasteiger partial charge in [-0.05, 0) is 42.0 Å². The first-order chi connectivity index (χ1) is 11.2. The maximum atomic E-state index is 12.8. The Bertz CT molecular complexity index is 641. The molecule has 0 aromatic heterocycles. The molecule has 23 heavy (non-hydrogen) atoms. The van der Waals surface area contributed by atoms with E-state index in [9.17, 15) is 9.18 Å². The second-order valence-electron chi connectivity index (χ2n) is 4.79. The third-order valence-corrected chi connectivity index (χ3v) is 3.92. The van der Waals surface area contributed by atoms with Crippen molar-refractivity contribution in [1.29, 1.82) is 0 Å². The molecule has 0 atom stereocenters. The van der Waals surface area contributed by atoms with Gasteiger partial charge in [0, 0.05) is 11.4 Å². The molecule has 0 saturated carbocycles. The zero-order valence-electron chi connectivity index (χ0n) is 12.6. The lowest BCUT2D eigenvalue weighted by Crippen LogP contribution is -2.14. The van der Waals surface area contributed by atoms with Crippen molar-refractivity contribution in [3.63, 3.8) is 0 Å². The number of hydrogen-bond acceptors (Lipinski definition) is 3. The van der Waals surface area contributed by atoms with Crippen LogP contribution in [0.2, 0.25) is 0 Å². The summed E-state index contributed by atoms with van der Waals surface area (Å²) in [5, 5.41) is 2.83. The van der Waals surface area contributed by atoms with Crippen LogP contribution in [0.1, 0.15) is 5.56 Å². The number of halogens is 1. The highest BCUT2D eigenvalue weighted by Gasteiger charge is 2.04. The minimum absolute atomic E-state index is 0.0723. The van der Waals surface area contributed by atoms with Crippen LogP contribution in [-0.4, -0.2) is 18.3 Å². The maximum Gasteiger partial charge on any atom is 0.234 e. The normalized spacial score (nSPS) is 10.1. The number of carbonyl (C=O) groups excluding carboxylic acids is 1. The molecule has 2 aromatic rings. The fourth-order valence-corrected chi connectivity index (χ4v) is 2.62. The van der Waals surface area contributed by atoms with E-state index < -0.39 is 0 Å². The molecule has 0 spiro atoms. The van der Waals surface area contributed by atoms with Gasteiger partial charge in [-0.1, -0.05) is 24.8 Å². The third-order valence-electron chi connectivity index (χ3n) is 2.92. The standard InChI is InChI=1S/C18H18FNO2S/c1-2-11-22-17-9-7-16(8-10-17)20-18(21)13-23-12-14-3-5-15(19)6-4-14/h2-10H,1,11-13H2,(H,20,21). The molecule has 1 amide bonds. The van der Waals surface area contributed by atoms with Crippen molar-refractivity contribution >= 4 is 23.4 Å². The Labute approximate surface area is 139 Å². The third kappa shape index (κ3) is 6.16. The molecule has 0 bridgehead atoms. The van der Waals surface area contributed by atoms with Crippen LogP contribution in [0.4, 0.5) is 10.1 Å². The molecule has 0 unspecified atom stereocenters. The zero-order valence-corrected chi connectivity index (χ0v) is 13.4. The molecule has 3 nitrogen and oxygen atoms in total. The molecule has 0 aliphatic carbocycles. The lowest BCUT2D eigenvalue weighted by molar-refractivity contribution is -0.113. The van der Waals surface area contributed by atoms with Gasteiger partial charge in [0.25, 0.3) is 0 Å². The van der Waals surface area contributed by atoms with Gasteiger partial charge >= 0.3 is 0 Å². The number of anilines is 1. The summed E-state index contributed by atoms with van der Waals surface area (Å²) in [5.41, 5.74) is 1.72. The second-order valence-corrected chi connectivity index (χ2v) is 5.78. The fourth-order valence-electron chi connectivity index (χ4n) is 1.83. The first-order valence-electron chi connectivity index (χ1n) is 7.13. The van der Waals surface area contributed by atoms with Crippen molar-refractivity contribution in [2.24, 2.45) is 0 Å². The van der Waals surface area contributed by atoms with Crippen LogP contribution in [0.15, 0.2) is 61.2 Å². The Kier molecular flexibility index (Phi) is 6.69. The highest BCUT2D eigenvalue weighted by atomic mass is 32.2. The predicted octanol–water partition coefficient (Wildman–Crippen LogP) is 4.26. The van der Waals surface area contributed by atoms with Crippen LogP contribution in [0.3, 0.4) is 0 Å². The molecule has 0 fully saturated rings. The van der Waals surface area contributed by atoms with E-state index in [0.29, 0.717) is 18.1 Å². The van der Waals surface area contributed by atoms with Crippen LogP contribution in [0.25, 0.3) is 0 Å². The average Bonchev–Trinajstić information content (AvgIpc) is 2.56. The lowest BCUT2D eigenvalue weighted by Gasteiger charge is -2.07. The Hall–Kier alpha value is -2.27. The highest BCUT2D eigenvalue weighted by Crippen LogP contribution is 2.17. The lowest BCUT2D eigenvalue weighted by atomic mass is 10.2. The maximum absolute atomic E-state index is 12.8. The SMILES string of the molecule is C=CCOc1ccc(NC(=O)CSCc2ccc(F)cc2)cc1. The molecule has 1 N–H and O–H groups in total. The van der Waals surface area contributed by atoms with E-state index in [1.54, 1.807) is 42.5 Å². The molecular weight excluding hydrogens is 313 g/mol. The van der Waals surface area contributed by atoms with Gasteiger partial charge in [0.15, 0.2) is 0 Å². The van der Waals surface area contributed by atoms with Crippen molar-refractivity contribution in [3.8, 4) is 5.75 Å². The summed E-state index contributed by atoms with van der Waals surface area (Å²) in [6, 6.07) is 13.5. The summed E-state index contributed by atoms with van der Waals surface area (Å²) < 4.78 is 18.2. The first kappa shape index (κ1) is 17.1. The number of ether oxygens (including phenoxy) is 1. The van der Waals surface area contributed by atoms with Crippen molar-refractivity contribution < 1.29 is 13.9 Å². The van der Waals surface area contributed by atoms with Gasteiger partial charge in [-0.3, -0.25) is 4.79 Å². The van der Waals surface area contributed by atoms with E-state index in [1.165, 1.54) is 23.9 Å². The molecule has 2 aromatic carbocycles. The smallest absolute Gasteiger partial charge is 0.234 e. The second kappa shape index (κ2) is 9.00. The largest absolute Gasteiger partial charge is 0.490 e. The van der Waals surface area contributed by atoms with Crippen LogP contribution in [0, 0.1) is 5.82 Å². The Morgan fingerprint density at radius 1 is 1.17 bits per heavy atom. The highest BCUT2D eigenvalue weighted by molar-refractivity contribution is 7.99. The molecule has 0 radical (unpaired) electrons. The van der Waals surface area contributed by atoms with Crippen LogP contribution in [0.5, 0.6) is 5.75 Å².